The minimum atomic E-state index is -1.10. The van der Waals surface area contributed by atoms with E-state index in [1.807, 2.05) is 30.3 Å². The molecule has 0 saturated carbocycles. The van der Waals surface area contributed by atoms with Crippen LogP contribution in [0.15, 0.2) is 30.3 Å². The van der Waals surface area contributed by atoms with Crippen LogP contribution in [0.25, 0.3) is 0 Å². The average Bonchev–Trinajstić information content (AvgIpc) is 2.61. The molecule has 1 heterocycles. The van der Waals surface area contributed by atoms with E-state index >= 15 is 0 Å². The number of hydrogen-bond acceptors (Lipinski definition) is 5. The number of nitrogens with zero attached hydrogens (tertiary/aromatic N) is 1. The molecule has 136 valence electrons. The summed E-state index contributed by atoms with van der Waals surface area (Å²) in [5.41, 5.74) is 0.847. The molecule has 0 spiro atoms. The number of likely N-dealkylation sites (tertiary alicyclic amines) is 1. The number of nitrogens with one attached hydrogen (secondary N) is 1. The van der Waals surface area contributed by atoms with Gasteiger partial charge in [-0.3, -0.25) is 4.79 Å². The number of esters is 1. The molecule has 8 heteroatoms. The van der Waals surface area contributed by atoms with Crippen LogP contribution in [0.1, 0.15) is 18.9 Å². The van der Waals surface area contributed by atoms with E-state index in [9.17, 15) is 14.4 Å². The molecule has 25 heavy (non-hydrogen) atoms. The van der Waals surface area contributed by atoms with Gasteiger partial charge in [-0.1, -0.05) is 30.3 Å². The van der Waals surface area contributed by atoms with E-state index in [-0.39, 0.29) is 26.3 Å². The van der Waals surface area contributed by atoms with Crippen LogP contribution in [0, 0.1) is 5.92 Å². The number of rotatable bonds is 5. The van der Waals surface area contributed by atoms with Crippen molar-refractivity contribution in [2.45, 2.75) is 26.0 Å². The SMILES string of the molecule is CCOC(=O)[C@H]1CN(C(=O)O)CC[C@@H]1NC(=O)OCc1ccccc1. The third kappa shape index (κ3) is 5.37. The number of benzene rings is 1. The highest BCUT2D eigenvalue weighted by molar-refractivity contribution is 5.77. The lowest BCUT2D eigenvalue weighted by atomic mass is 9.92. The minimum absolute atomic E-state index is 0.0161. The highest BCUT2D eigenvalue weighted by Crippen LogP contribution is 2.19. The predicted octanol–water partition coefficient (Wildman–Crippen LogP) is 1.84. The Morgan fingerprint density at radius 3 is 2.60 bits per heavy atom. The zero-order valence-corrected chi connectivity index (χ0v) is 14.0. The Labute approximate surface area is 145 Å². The van der Waals surface area contributed by atoms with E-state index in [1.165, 1.54) is 0 Å². The largest absolute Gasteiger partial charge is 0.466 e. The van der Waals surface area contributed by atoms with Gasteiger partial charge in [-0.15, -0.1) is 0 Å². The second kappa shape index (κ2) is 8.91. The second-order valence-corrected chi connectivity index (χ2v) is 5.69. The molecule has 2 N–H and O–H groups in total. The van der Waals surface area contributed by atoms with Gasteiger partial charge in [0.1, 0.15) is 6.61 Å². The Morgan fingerprint density at radius 2 is 1.96 bits per heavy atom. The molecule has 1 aromatic rings. The van der Waals surface area contributed by atoms with E-state index in [4.69, 9.17) is 14.6 Å². The summed E-state index contributed by atoms with van der Waals surface area (Å²) in [4.78, 5) is 36.4. The molecule has 1 aliphatic rings. The number of alkyl carbamates (subject to hydrolysis) is 1. The van der Waals surface area contributed by atoms with Gasteiger partial charge >= 0.3 is 18.2 Å². The lowest BCUT2D eigenvalue weighted by Gasteiger charge is -2.35. The summed E-state index contributed by atoms with van der Waals surface area (Å²) >= 11 is 0. The van der Waals surface area contributed by atoms with Crippen molar-refractivity contribution in [1.82, 2.24) is 10.2 Å². The molecular formula is C17H22N2O6. The zero-order chi connectivity index (χ0) is 18.2. The van der Waals surface area contributed by atoms with Gasteiger partial charge in [0.25, 0.3) is 0 Å². The molecule has 8 nitrogen and oxygen atoms in total. The third-order valence-corrected chi connectivity index (χ3v) is 3.99. The van der Waals surface area contributed by atoms with E-state index in [0.29, 0.717) is 6.42 Å². The maximum absolute atomic E-state index is 12.1. The molecule has 1 fully saturated rings. The van der Waals surface area contributed by atoms with Crippen LogP contribution in [0.2, 0.25) is 0 Å². The van der Waals surface area contributed by atoms with Crippen molar-refractivity contribution >= 4 is 18.2 Å². The lowest BCUT2D eigenvalue weighted by Crippen LogP contribution is -2.55. The zero-order valence-electron chi connectivity index (χ0n) is 14.0. The van der Waals surface area contributed by atoms with Gasteiger partial charge in [-0.2, -0.15) is 0 Å². The minimum Gasteiger partial charge on any atom is -0.466 e. The van der Waals surface area contributed by atoms with E-state index in [2.05, 4.69) is 5.32 Å². The summed E-state index contributed by atoms with van der Waals surface area (Å²) in [6, 6.07) is 8.69. The summed E-state index contributed by atoms with van der Waals surface area (Å²) in [5, 5.41) is 11.8. The fourth-order valence-corrected chi connectivity index (χ4v) is 2.70. The first-order valence-corrected chi connectivity index (χ1v) is 8.13. The predicted molar refractivity (Wildman–Crippen MR) is 87.9 cm³/mol. The molecule has 2 atom stereocenters. The fraction of sp³-hybridized carbons (Fsp3) is 0.471. The molecule has 0 radical (unpaired) electrons. The molecule has 1 saturated heterocycles. The van der Waals surface area contributed by atoms with Gasteiger partial charge in [0.15, 0.2) is 0 Å². The molecule has 0 bridgehead atoms. The number of hydrogen-bond donors (Lipinski definition) is 2. The Morgan fingerprint density at radius 1 is 1.24 bits per heavy atom. The highest BCUT2D eigenvalue weighted by atomic mass is 16.5. The summed E-state index contributed by atoms with van der Waals surface area (Å²) in [6.45, 7) is 2.19. The van der Waals surface area contributed by atoms with Crippen LogP contribution in [0.5, 0.6) is 0 Å². The standard InChI is InChI=1S/C17H22N2O6/c1-2-24-15(20)13-10-19(17(22)23)9-8-14(13)18-16(21)25-11-12-6-4-3-5-7-12/h3-7,13-14H,2,8-11H2,1H3,(H,18,21)(H,22,23)/t13-,14-/m0/s1. The molecule has 2 rings (SSSR count). The number of piperidine rings is 1. The van der Waals surface area contributed by atoms with Gasteiger partial charge < -0.3 is 24.8 Å². The first-order chi connectivity index (χ1) is 12.0. The maximum atomic E-state index is 12.1. The smallest absolute Gasteiger partial charge is 0.407 e. The molecular weight excluding hydrogens is 328 g/mol. The molecule has 0 unspecified atom stereocenters. The molecule has 0 aliphatic carbocycles. The Hall–Kier alpha value is -2.77. The normalized spacial score (nSPS) is 19.8. The monoisotopic (exact) mass is 350 g/mol. The Bertz CT molecular complexity index is 606. The third-order valence-electron chi connectivity index (χ3n) is 3.99. The Balaban J connectivity index is 1.93. The lowest BCUT2D eigenvalue weighted by molar-refractivity contribution is -0.150. The van der Waals surface area contributed by atoms with Gasteiger partial charge in [0, 0.05) is 19.1 Å². The van der Waals surface area contributed by atoms with Crippen molar-refractivity contribution in [3.63, 3.8) is 0 Å². The van der Waals surface area contributed by atoms with Crippen LogP contribution >= 0.6 is 0 Å². The quantitative estimate of drug-likeness (QED) is 0.785. The number of carbonyl (C=O) groups excluding carboxylic acids is 2. The van der Waals surface area contributed by atoms with Crippen LogP contribution in [0.3, 0.4) is 0 Å². The first-order valence-electron chi connectivity index (χ1n) is 8.13. The van der Waals surface area contributed by atoms with Gasteiger partial charge in [-0.25, -0.2) is 9.59 Å². The molecule has 2 amide bonds. The highest BCUT2D eigenvalue weighted by Gasteiger charge is 2.38. The van der Waals surface area contributed by atoms with Crippen LogP contribution in [-0.4, -0.2) is 53.9 Å². The Kier molecular flexibility index (Phi) is 6.62. The van der Waals surface area contributed by atoms with Gasteiger partial charge in [0.2, 0.25) is 0 Å². The van der Waals surface area contributed by atoms with Crippen LogP contribution < -0.4 is 5.32 Å². The fourth-order valence-electron chi connectivity index (χ4n) is 2.70. The number of carboxylic acid groups (broad SMARTS) is 1. The summed E-state index contributed by atoms with van der Waals surface area (Å²) in [7, 11) is 0. The van der Waals surface area contributed by atoms with Crippen molar-refractivity contribution in [2.75, 3.05) is 19.7 Å². The summed E-state index contributed by atoms with van der Waals surface area (Å²) < 4.78 is 10.2. The molecule has 0 aromatic heterocycles. The first kappa shape index (κ1) is 18.6. The topological polar surface area (TPSA) is 105 Å². The summed E-state index contributed by atoms with van der Waals surface area (Å²) in [6.07, 6.45) is -1.43. The van der Waals surface area contributed by atoms with Crippen molar-refractivity contribution < 1.29 is 29.0 Å². The van der Waals surface area contributed by atoms with Crippen LogP contribution in [-0.2, 0) is 20.9 Å². The van der Waals surface area contributed by atoms with E-state index in [0.717, 1.165) is 10.5 Å². The van der Waals surface area contributed by atoms with Gasteiger partial charge in [-0.05, 0) is 18.9 Å². The van der Waals surface area contributed by atoms with Crippen molar-refractivity contribution in [1.29, 1.82) is 0 Å². The molecule has 1 aromatic carbocycles. The summed E-state index contributed by atoms with van der Waals surface area (Å²) in [5.74, 6) is -1.28. The number of ether oxygens (including phenoxy) is 2. The van der Waals surface area contributed by atoms with Crippen molar-refractivity contribution in [3.8, 4) is 0 Å². The van der Waals surface area contributed by atoms with Gasteiger partial charge in [0.05, 0.1) is 12.5 Å². The maximum Gasteiger partial charge on any atom is 0.407 e. The van der Waals surface area contributed by atoms with Crippen molar-refractivity contribution in [3.05, 3.63) is 35.9 Å². The van der Waals surface area contributed by atoms with Crippen molar-refractivity contribution in [2.24, 2.45) is 5.92 Å². The average molecular weight is 350 g/mol. The number of carbonyl (C=O) groups is 3. The molecule has 1 aliphatic heterocycles. The van der Waals surface area contributed by atoms with Crippen LogP contribution in [0.4, 0.5) is 9.59 Å². The number of amides is 2. The van der Waals surface area contributed by atoms with E-state index < -0.39 is 30.1 Å². The second-order valence-electron chi connectivity index (χ2n) is 5.69. The van der Waals surface area contributed by atoms with E-state index in [1.54, 1.807) is 6.92 Å².